The second kappa shape index (κ2) is 3.84. The van der Waals surface area contributed by atoms with E-state index in [1.54, 1.807) is 0 Å². The Labute approximate surface area is 89.1 Å². The number of nitrogens with zero attached hydrogens (tertiary/aromatic N) is 1. The summed E-state index contributed by atoms with van der Waals surface area (Å²) in [5.74, 6) is 0. The van der Waals surface area contributed by atoms with E-state index in [1.807, 2.05) is 0 Å². The van der Waals surface area contributed by atoms with E-state index in [4.69, 9.17) is 12.2 Å². The molecule has 1 saturated heterocycles. The quantitative estimate of drug-likeness (QED) is 0.677. The van der Waals surface area contributed by atoms with Crippen LogP contribution < -0.4 is 15.5 Å². The van der Waals surface area contributed by atoms with Gasteiger partial charge in [-0.2, -0.15) is 0 Å². The molecule has 1 fully saturated rings. The highest BCUT2D eigenvalue weighted by molar-refractivity contribution is 7.80. The van der Waals surface area contributed by atoms with Crippen molar-refractivity contribution in [3.05, 3.63) is 29.8 Å². The van der Waals surface area contributed by atoms with Crippen molar-refractivity contribution in [2.24, 2.45) is 0 Å². The average molecular weight is 207 g/mol. The molecule has 1 heterocycles. The Morgan fingerprint density at radius 1 is 1.14 bits per heavy atom. The molecule has 0 aliphatic carbocycles. The van der Waals surface area contributed by atoms with Crippen LogP contribution in [0.15, 0.2) is 24.3 Å². The van der Waals surface area contributed by atoms with Gasteiger partial charge in [0.15, 0.2) is 5.11 Å². The summed E-state index contributed by atoms with van der Waals surface area (Å²) in [6.07, 6.45) is 0. The molecule has 74 valence electrons. The maximum Gasteiger partial charge on any atom is 0.169 e. The molecule has 0 atom stereocenters. The largest absolute Gasteiger partial charge is 0.345 e. The molecule has 4 heteroatoms. The summed E-state index contributed by atoms with van der Waals surface area (Å²) in [7, 11) is 0. The minimum Gasteiger partial charge on any atom is -0.345 e. The number of anilines is 1. The molecule has 0 spiro atoms. The van der Waals surface area contributed by atoms with Gasteiger partial charge in [0, 0.05) is 5.69 Å². The first-order valence-corrected chi connectivity index (χ1v) is 5.00. The lowest BCUT2D eigenvalue weighted by atomic mass is 10.2. The maximum absolute atomic E-state index is 4.98. The van der Waals surface area contributed by atoms with Crippen LogP contribution in [0.2, 0.25) is 0 Å². The predicted octanol–water partition coefficient (Wildman–Crippen LogP) is 1.19. The molecule has 0 amide bonds. The highest BCUT2D eigenvalue weighted by Crippen LogP contribution is 2.14. The molecule has 1 aromatic carbocycles. The zero-order valence-electron chi connectivity index (χ0n) is 8.08. The lowest BCUT2D eigenvalue weighted by Gasteiger charge is -2.31. The molecule has 0 aromatic heterocycles. The number of hydrogen-bond donors (Lipinski definition) is 2. The zero-order valence-corrected chi connectivity index (χ0v) is 8.90. The Kier molecular flexibility index (Phi) is 2.54. The second-order valence-corrected chi connectivity index (χ2v) is 3.78. The van der Waals surface area contributed by atoms with Gasteiger partial charge in [-0.05, 0) is 31.3 Å². The van der Waals surface area contributed by atoms with Crippen LogP contribution in [0.3, 0.4) is 0 Å². The molecule has 2 rings (SSSR count). The van der Waals surface area contributed by atoms with Crippen LogP contribution in [0.4, 0.5) is 5.69 Å². The van der Waals surface area contributed by atoms with Crippen molar-refractivity contribution >= 4 is 23.0 Å². The van der Waals surface area contributed by atoms with Crippen LogP contribution in [-0.4, -0.2) is 18.4 Å². The van der Waals surface area contributed by atoms with Crippen LogP contribution in [-0.2, 0) is 0 Å². The number of aryl methyl sites for hydroxylation is 1. The van der Waals surface area contributed by atoms with Crippen LogP contribution in [0.5, 0.6) is 0 Å². The third kappa shape index (κ3) is 1.96. The smallest absolute Gasteiger partial charge is 0.169 e. The van der Waals surface area contributed by atoms with E-state index in [9.17, 15) is 0 Å². The minimum absolute atomic E-state index is 0.730. The van der Waals surface area contributed by atoms with E-state index in [0.29, 0.717) is 0 Å². The van der Waals surface area contributed by atoms with Gasteiger partial charge in [-0.25, -0.2) is 0 Å². The molecule has 0 bridgehead atoms. The van der Waals surface area contributed by atoms with Gasteiger partial charge >= 0.3 is 0 Å². The van der Waals surface area contributed by atoms with Crippen molar-refractivity contribution in [2.45, 2.75) is 6.92 Å². The number of nitrogens with one attached hydrogen (secondary N) is 2. The van der Waals surface area contributed by atoms with Gasteiger partial charge in [0.1, 0.15) is 0 Å². The highest BCUT2D eigenvalue weighted by Gasteiger charge is 2.11. The Morgan fingerprint density at radius 3 is 2.29 bits per heavy atom. The first-order valence-electron chi connectivity index (χ1n) is 4.59. The summed E-state index contributed by atoms with van der Waals surface area (Å²) < 4.78 is 0. The van der Waals surface area contributed by atoms with Gasteiger partial charge in [0.05, 0.1) is 13.3 Å². The highest BCUT2D eigenvalue weighted by atomic mass is 32.1. The maximum atomic E-state index is 4.98. The molecule has 14 heavy (non-hydrogen) atoms. The predicted molar refractivity (Wildman–Crippen MR) is 62.3 cm³/mol. The molecule has 2 N–H and O–H groups in total. The van der Waals surface area contributed by atoms with Crippen molar-refractivity contribution in [3.63, 3.8) is 0 Å². The molecule has 0 radical (unpaired) electrons. The second-order valence-electron chi connectivity index (χ2n) is 3.37. The van der Waals surface area contributed by atoms with Crippen LogP contribution in [0.1, 0.15) is 5.56 Å². The van der Waals surface area contributed by atoms with Gasteiger partial charge in [-0.1, -0.05) is 17.7 Å². The Bertz CT molecular complexity index is 324. The lowest BCUT2D eigenvalue weighted by Crippen LogP contribution is -2.54. The summed E-state index contributed by atoms with van der Waals surface area (Å²) in [5.41, 5.74) is 2.49. The van der Waals surface area contributed by atoms with Gasteiger partial charge in [0.25, 0.3) is 0 Å². The molecule has 1 aliphatic rings. The molecule has 1 aliphatic heterocycles. The van der Waals surface area contributed by atoms with Crippen molar-refractivity contribution in [1.82, 2.24) is 10.6 Å². The van der Waals surface area contributed by atoms with E-state index >= 15 is 0 Å². The Balaban J connectivity index is 2.08. The summed E-state index contributed by atoms with van der Waals surface area (Å²) in [5, 5.41) is 6.91. The molecule has 3 nitrogen and oxygen atoms in total. The van der Waals surface area contributed by atoms with E-state index < -0.39 is 0 Å². The first kappa shape index (κ1) is 9.27. The van der Waals surface area contributed by atoms with E-state index in [2.05, 4.69) is 46.7 Å². The van der Waals surface area contributed by atoms with Gasteiger partial charge < -0.3 is 15.5 Å². The molecular weight excluding hydrogens is 194 g/mol. The number of rotatable bonds is 1. The minimum atomic E-state index is 0.730. The monoisotopic (exact) mass is 207 g/mol. The van der Waals surface area contributed by atoms with E-state index in [0.717, 1.165) is 18.4 Å². The molecule has 0 saturated carbocycles. The Morgan fingerprint density at radius 2 is 1.71 bits per heavy atom. The number of thiocarbonyl (C=S) groups is 1. The van der Waals surface area contributed by atoms with Crippen molar-refractivity contribution in [3.8, 4) is 0 Å². The summed E-state index contributed by atoms with van der Waals surface area (Å²) in [6, 6.07) is 8.46. The van der Waals surface area contributed by atoms with E-state index in [1.165, 1.54) is 11.3 Å². The van der Waals surface area contributed by atoms with Gasteiger partial charge in [-0.15, -0.1) is 0 Å². The molecule has 1 aromatic rings. The normalized spacial score (nSPS) is 16.1. The fraction of sp³-hybridized carbons (Fsp3) is 0.300. The Hall–Kier alpha value is -1.29. The topological polar surface area (TPSA) is 27.3 Å². The van der Waals surface area contributed by atoms with Gasteiger partial charge in [-0.3, -0.25) is 0 Å². The summed E-state index contributed by atoms with van der Waals surface area (Å²) in [6.45, 7) is 3.63. The van der Waals surface area contributed by atoms with Crippen LogP contribution in [0.25, 0.3) is 0 Å². The average Bonchev–Trinajstić information content (AvgIpc) is 2.21. The van der Waals surface area contributed by atoms with Crippen LogP contribution in [0, 0.1) is 6.92 Å². The van der Waals surface area contributed by atoms with Crippen molar-refractivity contribution < 1.29 is 0 Å². The fourth-order valence-corrected chi connectivity index (χ4v) is 1.52. The first-order chi connectivity index (χ1) is 6.75. The lowest BCUT2D eigenvalue weighted by molar-refractivity contribution is 0.672. The van der Waals surface area contributed by atoms with Gasteiger partial charge in [0.2, 0.25) is 0 Å². The zero-order chi connectivity index (χ0) is 9.97. The molecule has 0 unspecified atom stereocenters. The summed E-state index contributed by atoms with van der Waals surface area (Å²) in [4.78, 5) is 2.19. The van der Waals surface area contributed by atoms with E-state index in [-0.39, 0.29) is 0 Å². The molecular formula is C10H13N3S. The van der Waals surface area contributed by atoms with Crippen LogP contribution >= 0.6 is 12.2 Å². The third-order valence-electron chi connectivity index (χ3n) is 2.26. The number of benzene rings is 1. The third-order valence-corrected chi connectivity index (χ3v) is 2.55. The van der Waals surface area contributed by atoms with Crippen molar-refractivity contribution in [1.29, 1.82) is 0 Å². The van der Waals surface area contributed by atoms with Crippen molar-refractivity contribution in [2.75, 3.05) is 18.2 Å². The fourth-order valence-electron chi connectivity index (χ4n) is 1.39. The standard InChI is InChI=1S/C10H13N3S/c1-8-2-4-9(5-3-8)13-6-11-10(14)12-7-13/h2-5H,6-7H2,1H3,(H2,11,12,14). The summed E-state index contributed by atoms with van der Waals surface area (Å²) >= 11 is 4.98. The SMILES string of the molecule is Cc1ccc(N2CNC(=S)NC2)cc1. The number of hydrogen-bond acceptors (Lipinski definition) is 2.